The molecule has 0 saturated carbocycles. The second-order valence-electron chi connectivity index (χ2n) is 13.6. The van der Waals surface area contributed by atoms with Gasteiger partial charge in [0, 0.05) is 46.6 Å². The molecule has 0 spiro atoms. The molecule has 4 bridgehead atoms. The minimum absolute atomic E-state index is 0.0656. The Morgan fingerprint density at radius 1 is 0.765 bits per heavy atom. The van der Waals surface area contributed by atoms with E-state index in [4.69, 9.17) is 0 Å². The minimum atomic E-state index is -1.62. The lowest BCUT2D eigenvalue weighted by atomic mass is 9.78. The molecule has 2 heterocycles. The molecule has 0 aromatic heterocycles. The highest BCUT2D eigenvalue weighted by atomic mass is 16.3. The van der Waals surface area contributed by atoms with Crippen molar-refractivity contribution in [3.63, 3.8) is 0 Å². The van der Waals surface area contributed by atoms with Crippen LogP contribution in [-0.2, 0) is 19.2 Å². The van der Waals surface area contributed by atoms with Crippen molar-refractivity contribution in [3.05, 3.63) is 93.6 Å². The maximum atomic E-state index is 13.8. The van der Waals surface area contributed by atoms with E-state index < -0.39 is 76.7 Å². The van der Waals surface area contributed by atoms with Crippen molar-refractivity contribution in [3.8, 4) is 11.5 Å². The molecule has 1 aromatic carbocycles. The molecule has 2 unspecified atom stereocenters. The second kappa shape index (κ2) is 17.6. The van der Waals surface area contributed by atoms with Crippen LogP contribution < -0.4 is 10.6 Å². The van der Waals surface area contributed by atoms with Gasteiger partial charge in [0.25, 0.3) is 5.91 Å². The standard InChI is InChI=1S/C40H49NO10/c1-20-11-9-8-10-12-23(4)40(51)41-28-18-31(45)32-33(37(48)26(7)38(49)34(32)39(28)50)36(47)25(6)17-24(5)35(46)22(3)14-16-27(42)15-13-21(2)30(44)19-29(20)43/h8-14,16-18,20,22,24,26-27,29,35,38,42-43,45-46,49-50H,15,19H2,1-7H3/b10-8-,11-9+,16-14+,21-13+,23-12-,25-17+,41-28?/t20-,22-,24-,26?,27-,29-,35-,38?/m0/s1. The number of allylic oxidation sites excluding steroid dienone is 6. The first kappa shape index (κ1) is 40.9. The number of aliphatic hydroxyl groups is 4. The lowest BCUT2D eigenvalue weighted by Crippen LogP contribution is -2.39. The summed E-state index contributed by atoms with van der Waals surface area (Å²) in [6, 6.07) is 0.945. The van der Waals surface area contributed by atoms with Crippen molar-refractivity contribution in [1.82, 2.24) is 0 Å². The number of hydrogen-bond donors (Lipinski definition) is 6. The van der Waals surface area contributed by atoms with Gasteiger partial charge < -0.3 is 30.6 Å². The molecule has 6 N–H and O–H groups in total. The third-order valence-electron chi connectivity index (χ3n) is 9.44. The summed E-state index contributed by atoms with van der Waals surface area (Å²) in [6.45, 7) is 11.0. The zero-order valence-electron chi connectivity index (χ0n) is 30.1. The van der Waals surface area contributed by atoms with Gasteiger partial charge in [-0.3, -0.25) is 19.2 Å². The maximum Gasteiger partial charge on any atom is 0.273 e. The molecule has 4 rings (SSSR count). The maximum absolute atomic E-state index is 13.8. The Labute approximate surface area is 297 Å². The number of rotatable bonds is 0. The molecule has 1 amide bonds. The number of fused-ring (bicyclic) bond motifs is 18. The van der Waals surface area contributed by atoms with Gasteiger partial charge in [0.1, 0.15) is 16.9 Å². The third kappa shape index (κ3) is 9.83. The fourth-order valence-electron chi connectivity index (χ4n) is 5.86. The van der Waals surface area contributed by atoms with E-state index in [1.54, 1.807) is 64.2 Å². The van der Waals surface area contributed by atoms with Crippen LogP contribution in [0.2, 0.25) is 0 Å². The van der Waals surface area contributed by atoms with Crippen molar-refractivity contribution in [2.45, 2.75) is 85.7 Å². The number of aliphatic hydroxyl groups excluding tert-OH is 4. The van der Waals surface area contributed by atoms with Crippen LogP contribution in [0.25, 0.3) is 5.57 Å². The number of benzene rings is 1. The van der Waals surface area contributed by atoms with Crippen LogP contribution in [0.1, 0.15) is 73.0 Å². The summed E-state index contributed by atoms with van der Waals surface area (Å²) in [5.41, 5.74) is -0.155. The van der Waals surface area contributed by atoms with E-state index >= 15 is 0 Å². The lowest BCUT2D eigenvalue weighted by Gasteiger charge is -2.27. The molecule has 0 saturated heterocycles. The summed E-state index contributed by atoms with van der Waals surface area (Å²) >= 11 is 0. The zero-order chi connectivity index (χ0) is 38.3. The first-order valence-electron chi connectivity index (χ1n) is 17.0. The summed E-state index contributed by atoms with van der Waals surface area (Å²) in [5.74, 6) is -6.57. The lowest BCUT2D eigenvalue weighted by molar-refractivity contribution is -0.123. The van der Waals surface area contributed by atoms with Crippen molar-refractivity contribution < 1.29 is 49.8 Å². The molecular weight excluding hydrogens is 654 g/mol. The predicted molar refractivity (Wildman–Crippen MR) is 192 cm³/mol. The second-order valence-corrected chi connectivity index (χ2v) is 13.6. The minimum Gasteiger partial charge on any atom is -0.507 e. The largest absolute Gasteiger partial charge is 0.507 e. The number of nitrogens with zero attached hydrogens (tertiary/aromatic N) is 1. The molecule has 274 valence electrons. The normalized spacial score (nSPS) is 34.4. The van der Waals surface area contributed by atoms with E-state index in [9.17, 15) is 49.8 Å². The number of Topliss-reactive ketones (excluding diaryl/α,β-unsaturated/α-hetero) is 3. The number of amides is 1. The predicted octanol–water partition coefficient (Wildman–Crippen LogP) is 3.08. The molecule has 1 aromatic rings. The Morgan fingerprint density at radius 3 is 2.10 bits per heavy atom. The number of aromatic hydroxyl groups is 2. The van der Waals surface area contributed by atoms with Gasteiger partial charge in [-0.15, -0.1) is 0 Å². The number of phenols is 2. The summed E-state index contributed by atoms with van der Waals surface area (Å²) in [6.07, 6.45) is 9.61. The number of carbonyl (C=O) groups excluding carboxylic acids is 4. The summed E-state index contributed by atoms with van der Waals surface area (Å²) in [7, 11) is 0. The Bertz CT molecular complexity index is 1860. The molecule has 0 radical (unpaired) electrons. The fourth-order valence-corrected chi connectivity index (χ4v) is 5.86. The summed E-state index contributed by atoms with van der Waals surface area (Å²) < 4.78 is 0. The van der Waals surface area contributed by atoms with Crippen LogP contribution in [-0.4, -0.2) is 72.2 Å². The molecule has 8 atom stereocenters. The Balaban J connectivity index is 2.17. The average molecular weight is 704 g/mol. The molecule has 3 aliphatic rings. The topological polar surface area (TPSA) is 202 Å². The van der Waals surface area contributed by atoms with Crippen molar-refractivity contribution in [1.29, 1.82) is 0 Å². The summed E-state index contributed by atoms with van der Waals surface area (Å²) in [4.78, 5) is 56.8. The van der Waals surface area contributed by atoms with E-state index in [-0.39, 0.29) is 51.8 Å². The van der Waals surface area contributed by atoms with E-state index in [2.05, 4.69) is 4.99 Å². The zero-order valence-corrected chi connectivity index (χ0v) is 30.1. The monoisotopic (exact) mass is 703 g/mol. The van der Waals surface area contributed by atoms with Crippen LogP contribution in [0, 0.1) is 23.7 Å². The third-order valence-corrected chi connectivity index (χ3v) is 9.44. The Morgan fingerprint density at radius 2 is 1.43 bits per heavy atom. The van der Waals surface area contributed by atoms with Gasteiger partial charge in [0.2, 0.25) is 0 Å². The molecule has 11 nitrogen and oxygen atoms in total. The van der Waals surface area contributed by atoms with Crippen molar-refractivity contribution >= 4 is 28.8 Å². The molecule has 2 aliphatic heterocycles. The number of phenolic OH excluding ortho intramolecular Hbond substituents is 2. The van der Waals surface area contributed by atoms with E-state index in [1.165, 1.54) is 39.0 Å². The average Bonchev–Trinajstić information content (AvgIpc) is 3.08. The van der Waals surface area contributed by atoms with Crippen LogP contribution in [0.3, 0.4) is 0 Å². The number of ketones is 3. The number of carbonyl (C=O) groups is 4. The molecule has 0 fully saturated rings. The van der Waals surface area contributed by atoms with Gasteiger partial charge in [0.15, 0.2) is 17.3 Å². The molecule has 51 heavy (non-hydrogen) atoms. The van der Waals surface area contributed by atoms with E-state index in [1.807, 2.05) is 0 Å². The Kier molecular flexibility index (Phi) is 14.1. The van der Waals surface area contributed by atoms with Crippen LogP contribution >= 0.6 is 0 Å². The van der Waals surface area contributed by atoms with E-state index in [0.717, 1.165) is 6.07 Å². The van der Waals surface area contributed by atoms with Gasteiger partial charge in [-0.2, -0.15) is 0 Å². The molecule has 1 aliphatic carbocycles. The van der Waals surface area contributed by atoms with E-state index in [0.29, 0.717) is 5.57 Å². The molecular formula is C40H49NO10. The first-order chi connectivity index (χ1) is 23.9. The fraction of sp³-hybridized carbons (Fsp3) is 0.425. The van der Waals surface area contributed by atoms with Gasteiger partial charge in [-0.1, -0.05) is 82.4 Å². The van der Waals surface area contributed by atoms with Crippen molar-refractivity contribution in [2.75, 3.05) is 0 Å². The van der Waals surface area contributed by atoms with Gasteiger partial charge in [0.05, 0.1) is 35.9 Å². The SMILES string of the molecule is C/C1=C/C=C\C=C\[C@H](C)[C@@H](O)CC(=O)/C(C)=C/C[C@H](O)/C=C/[C@H](C)[C@H](O)[C@@H](C)/C=C(\C)C(=O)C2=c3c(O)cc(c(O)c3C(O)C(C)C2=O)=NC1=O. The highest BCUT2D eigenvalue weighted by molar-refractivity contribution is 6.46. The van der Waals surface area contributed by atoms with Crippen LogP contribution in [0.15, 0.2) is 82.5 Å². The quantitative estimate of drug-likeness (QED) is 0.172. The van der Waals surface area contributed by atoms with Gasteiger partial charge >= 0.3 is 0 Å². The number of hydrogen-bond acceptors (Lipinski definition) is 10. The summed E-state index contributed by atoms with van der Waals surface area (Å²) in [5, 5.41) is 64.7. The highest BCUT2D eigenvalue weighted by Crippen LogP contribution is 2.34. The Hall–Kier alpha value is -4.55. The van der Waals surface area contributed by atoms with Gasteiger partial charge in [-0.05, 0) is 38.3 Å². The first-order valence-corrected chi connectivity index (χ1v) is 17.0. The van der Waals surface area contributed by atoms with Gasteiger partial charge in [-0.25, -0.2) is 4.99 Å². The van der Waals surface area contributed by atoms with Crippen molar-refractivity contribution in [2.24, 2.45) is 28.7 Å². The smallest absolute Gasteiger partial charge is 0.273 e. The van der Waals surface area contributed by atoms with Crippen LogP contribution in [0.5, 0.6) is 11.5 Å². The highest BCUT2D eigenvalue weighted by Gasteiger charge is 2.39. The molecule has 11 heteroatoms. The van der Waals surface area contributed by atoms with Crippen LogP contribution in [0.4, 0.5) is 0 Å².